The number of halogens is 4. The van der Waals surface area contributed by atoms with E-state index in [9.17, 15) is 31.9 Å². The monoisotopic (exact) mass is 768 g/mol. The molecule has 1 heterocycles. The number of rotatable bonds is 12. The van der Waals surface area contributed by atoms with Crippen molar-refractivity contribution < 1.29 is 60.4 Å². The van der Waals surface area contributed by atoms with E-state index < -0.39 is 70.9 Å². The number of nitrogens with zero attached hydrogens (tertiary/aromatic N) is 2. The predicted octanol–water partition coefficient (Wildman–Crippen LogP) is 8.37. The largest absolute Gasteiger partial charge is 0.502 e. The van der Waals surface area contributed by atoms with Crippen LogP contribution < -0.4 is 9.47 Å². The van der Waals surface area contributed by atoms with Gasteiger partial charge in [-0.15, -0.1) is 0 Å². The molecule has 4 rings (SSSR count). The van der Waals surface area contributed by atoms with Crippen LogP contribution in [0, 0.1) is 11.6 Å². The normalized spacial score (nSPS) is 20.6. The molecule has 2 unspecified atom stereocenters. The van der Waals surface area contributed by atoms with Crippen LogP contribution >= 0.6 is 0 Å². The van der Waals surface area contributed by atoms with Crippen LogP contribution in [0.5, 0.6) is 11.5 Å². The van der Waals surface area contributed by atoms with Crippen molar-refractivity contribution in [3.05, 3.63) is 59.2 Å². The van der Waals surface area contributed by atoms with Gasteiger partial charge in [0.25, 0.3) is 0 Å². The molecule has 2 aliphatic rings. The van der Waals surface area contributed by atoms with Crippen molar-refractivity contribution in [2.75, 3.05) is 26.9 Å². The molecule has 2 atom stereocenters. The molecule has 0 spiro atoms. The Morgan fingerprint density at radius 2 is 1.52 bits per heavy atom. The summed E-state index contributed by atoms with van der Waals surface area (Å²) in [6, 6.07) is 7.47. The van der Waals surface area contributed by atoms with Gasteiger partial charge in [-0.05, 0) is 110 Å². The van der Waals surface area contributed by atoms with Gasteiger partial charge in [-0.2, -0.15) is 8.78 Å². The van der Waals surface area contributed by atoms with Gasteiger partial charge >= 0.3 is 24.3 Å². The average molecular weight is 769 g/mol. The second-order valence-corrected chi connectivity index (χ2v) is 15.5. The summed E-state index contributed by atoms with van der Waals surface area (Å²) in [7, 11) is 1.56. The van der Waals surface area contributed by atoms with E-state index in [2.05, 4.69) is 9.47 Å². The molecule has 1 aliphatic heterocycles. The molecular weight excluding hydrogens is 716 g/mol. The first-order valence-corrected chi connectivity index (χ1v) is 18.2. The molecule has 1 saturated heterocycles. The van der Waals surface area contributed by atoms with E-state index in [4.69, 9.17) is 18.9 Å². The number of amides is 2. The number of methoxy groups -OCH3 is 1. The summed E-state index contributed by atoms with van der Waals surface area (Å²) in [4.78, 5) is 42.3. The smallest absolute Gasteiger partial charge is 0.497 e. The van der Waals surface area contributed by atoms with Crippen LogP contribution in [0.3, 0.4) is 0 Å². The second-order valence-electron chi connectivity index (χ2n) is 15.5. The molecule has 2 amide bonds. The summed E-state index contributed by atoms with van der Waals surface area (Å²) in [5.41, 5.74) is -0.902. The highest BCUT2D eigenvalue weighted by Gasteiger charge is 2.47. The van der Waals surface area contributed by atoms with Crippen molar-refractivity contribution >= 4 is 18.2 Å². The van der Waals surface area contributed by atoms with Gasteiger partial charge in [0.05, 0.1) is 38.5 Å². The number of hydrogen-bond acceptors (Lipinski definition) is 9. The van der Waals surface area contributed by atoms with E-state index in [1.165, 1.54) is 6.92 Å². The minimum Gasteiger partial charge on any atom is -0.497 e. The van der Waals surface area contributed by atoms with E-state index in [-0.39, 0.29) is 38.0 Å². The van der Waals surface area contributed by atoms with Crippen molar-refractivity contribution in [3.8, 4) is 11.5 Å². The first-order valence-electron chi connectivity index (χ1n) is 18.2. The van der Waals surface area contributed by atoms with Gasteiger partial charge in [0.15, 0.2) is 11.6 Å². The number of hydrogen-bond donors (Lipinski definition) is 0. The molecule has 0 N–H and O–H groups in total. The van der Waals surface area contributed by atoms with E-state index >= 15 is 0 Å². The number of carbonyl (C=O) groups is 3. The number of carbonyl (C=O) groups excluding carboxylic acids is 3. The number of alkyl halides is 2. The topological polar surface area (TPSA) is 113 Å². The van der Waals surface area contributed by atoms with Gasteiger partial charge in [0.2, 0.25) is 0 Å². The highest BCUT2D eigenvalue weighted by molar-refractivity contribution is 5.76. The van der Waals surface area contributed by atoms with E-state index in [1.54, 1.807) is 70.6 Å². The molecule has 300 valence electrons. The summed E-state index contributed by atoms with van der Waals surface area (Å²) < 4.78 is 90.5. The Morgan fingerprint density at radius 1 is 0.889 bits per heavy atom. The van der Waals surface area contributed by atoms with E-state index in [0.717, 1.165) is 11.6 Å². The zero-order chi connectivity index (χ0) is 40.0. The van der Waals surface area contributed by atoms with Gasteiger partial charge in [-0.3, -0.25) is 4.90 Å². The van der Waals surface area contributed by atoms with Crippen LogP contribution in [0.4, 0.5) is 27.2 Å². The summed E-state index contributed by atoms with van der Waals surface area (Å²) >= 11 is 0. The average Bonchev–Trinajstić information content (AvgIpc) is 3.50. The summed E-state index contributed by atoms with van der Waals surface area (Å²) in [6.07, 6.45) is -4.24. The molecule has 54 heavy (non-hydrogen) atoms. The lowest BCUT2D eigenvalue weighted by molar-refractivity contribution is -0.217. The van der Waals surface area contributed by atoms with Crippen molar-refractivity contribution in [1.82, 2.24) is 9.80 Å². The molecule has 0 aromatic heterocycles. The molecule has 1 aliphatic carbocycles. The fourth-order valence-electron chi connectivity index (χ4n) is 6.67. The van der Waals surface area contributed by atoms with Crippen LogP contribution in [0.2, 0.25) is 0 Å². The molecule has 11 nitrogen and oxygen atoms in total. The van der Waals surface area contributed by atoms with Crippen LogP contribution in [0.1, 0.15) is 97.6 Å². The lowest BCUT2D eigenvalue weighted by Gasteiger charge is -2.38. The fourth-order valence-corrected chi connectivity index (χ4v) is 6.67. The molecule has 1 saturated carbocycles. The number of ether oxygens (including phenoxy) is 6. The second kappa shape index (κ2) is 17.5. The van der Waals surface area contributed by atoms with Gasteiger partial charge in [0, 0.05) is 24.7 Å². The van der Waals surface area contributed by atoms with Gasteiger partial charge in [-0.25, -0.2) is 23.2 Å². The summed E-state index contributed by atoms with van der Waals surface area (Å²) in [6.45, 7) is 12.1. The van der Waals surface area contributed by atoms with Crippen molar-refractivity contribution in [3.63, 3.8) is 0 Å². The highest BCUT2D eigenvalue weighted by Crippen LogP contribution is 2.42. The SMILES string of the molecule is CCOC(=O)C(F)(F)Oc1c(F)cc(F)cc1C1CCC(OCC2C(N(Cc3ccc(OC)cc3)C(=O)OC(C)(C)C)CCN2C(=O)OC(C)(C)C)CC1. The fraction of sp³-hybridized carbons (Fsp3) is 0.615. The quantitative estimate of drug-likeness (QED) is 0.119. The van der Waals surface area contributed by atoms with Crippen molar-refractivity contribution in [1.29, 1.82) is 0 Å². The maximum Gasteiger partial charge on any atom is 0.502 e. The van der Waals surface area contributed by atoms with Crippen molar-refractivity contribution in [2.24, 2.45) is 0 Å². The minimum atomic E-state index is -4.50. The standard InChI is InChI=1S/C39H52F4N2O9/c1-9-50-34(46)39(42,43)52-33-29(20-26(40)21-30(33)41)25-12-16-28(17-13-25)51-23-32-31(18-19-44(32)35(47)53-37(2,3)4)45(36(48)54-38(5,6)7)22-24-10-14-27(49-8)15-11-24/h10-11,14-15,20-21,25,28,31-32H,9,12-13,16-19,22-23H2,1-8H3. The molecule has 2 aromatic carbocycles. The molecule has 0 radical (unpaired) electrons. The van der Waals surface area contributed by atoms with Gasteiger partial charge in [0.1, 0.15) is 22.8 Å². The first-order chi connectivity index (χ1) is 25.2. The number of likely N-dealkylation sites (tertiary alicyclic amines) is 1. The molecule has 2 aromatic rings. The number of benzene rings is 2. The lowest BCUT2D eigenvalue weighted by Crippen LogP contribution is -2.53. The third kappa shape index (κ3) is 11.4. The first kappa shape index (κ1) is 42.5. The third-order valence-corrected chi connectivity index (χ3v) is 9.08. The van der Waals surface area contributed by atoms with Crippen LogP contribution in [0.15, 0.2) is 36.4 Å². The molecular formula is C39H52F4N2O9. The maximum absolute atomic E-state index is 14.9. The molecule has 2 fully saturated rings. The Balaban J connectivity index is 1.54. The Bertz CT molecular complexity index is 1600. The maximum atomic E-state index is 14.9. The summed E-state index contributed by atoms with van der Waals surface area (Å²) in [5.74, 6) is -5.19. The zero-order valence-corrected chi connectivity index (χ0v) is 32.2. The lowest BCUT2D eigenvalue weighted by atomic mass is 9.82. The summed E-state index contributed by atoms with van der Waals surface area (Å²) in [5, 5.41) is 0. The van der Waals surface area contributed by atoms with Gasteiger partial charge < -0.3 is 33.3 Å². The predicted molar refractivity (Wildman–Crippen MR) is 189 cm³/mol. The Kier molecular flexibility index (Phi) is 13.7. The molecule has 0 bridgehead atoms. The number of esters is 1. The van der Waals surface area contributed by atoms with Gasteiger partial charge in [-0.1, -0.05) is 12.1 Å². The minimum absolute atomic E-state index is 0.0237. The molecule has 15 heteroatoms. The van der Waals surface area contributed by atoms with Crippen LogP contribution in [-0.4, -0.2) is 90.3 Å². The van der Waals surface area contributed by atoms with Crippen molar-refractivity contribution in [2.45, 2.75) is 129 Å². The van der Waals surface area contributed by atoms with Crippen LogP contribution in [0.25, 0.3) is 0 Å². The Morgan fingerprint density at radius 3 is 2.09 bits per heavy atom. The van der Waals surface area contributed by atoms with Crippen LogP contribution in [-0.2, 0) is 30.3 Å². The zero-order valence-electron chi connectivity index (χ0n) is 32.2. The Hall–Kier alpha value is -4.27. The van der Waals surface area contributed by atoms with E-state index in [0.29, 0.717) is 43.9 Å². The Labute approximate surface area is 314 Å². The highest BCUT2D eigenvalue weighted by atomic mass is 19.3. The third-order valence-electron chi connectivity index (χ3n) is 9.08. The van der Waals surface area contributed by atoms with E-state index in [1.807, 2.05) is 12.1 Å².